The van der Waals surface area contributed by atoms with Gasteiger partial charge in [0.25, 0.3) is 0 Å². The molecule has 2 rings (SSSR count). The van der Waals surface area contributed by atoms with Crippen LogP contribution in [0.1, 0.15) is 5.69 Å². The molecule has 0 saturated carbocycles. The first kappa shape index (κ1) is 12.1. The van der Waals surface area contributed by atoms with Crippen molar-refractivity contribution < 1.29 is 4.74 Å². The molecule has 0 unspecified atom stereocenters. The van der Waals surface area contributed by atoms with Crippen LogP contribution >= 0.6 is 12.6 Å². The molecule has 90 valence electrons. The largest absolute Gasteiger partial charge is 0.497 e. The van der Waals surface area contributed by atoms with Crippen LogP contribution in [0.3, 0.4) is 0 Å². The fourth-order valence-corrected chi connectivity index (χ4v) is 2.18. The Labute approximate surface area is 108 Å². The van der Waals surface area contributed by atoms with Gasteiger partial charge in [-0.25, -0.2) is 0 Å². The first-order valence-corrected chi connectivity index (χ1v) is 6.31. The Morgan fingerprint density at radius 3 is 2.41 bits per heavy atom. The second-order valence-electron chi connectivity index (χ2n) is 3.96. The molecule has 0 N–H and O–H groups in total. The summed E-state index contributed by atoms with van der Waals surface area (Å²) in [5.41, 5.74) is 3.71. The third kappa shape index (κ3) is 2.50. The predicted molar refractivity (Wildman–Crippen MR) is 75.0 cm³/mol. The average Bonchev–Trinajstić information content (AvgIpc) is 2.72. The Morgan fingerprint density at radius 2 is 1.82 bits per heavy atom. The van der Waals surface area contributed by atoms with Gasteiger partial charge in [-0.05, 0) is 48.9 Å². The van der Waals surface area contributed by atoms with Gasteiger partial charge in [-0.15, -0.1) is 0 Å². The van der Waals surface area contributed by atoms with E-state index in [-0.39, 0.29) is 0 Å². The van der Waals surface area contributed by atoms with Crippen molar-refractivity contribution in [2.24, 2.45) is 0 Å². The van der Waals surface area contributed by atoms with Crippen LogP contribution in [-0.2, 0) is 6.54 Å². The molecule has 0 fully saturated rings. The highest BCUT2D eigenvalue weighted by atomic mass is 32.1. The maximum atomic E-state index is 5.17. The van der Waals surface area contributed by atoms with Crippen molar-refractivity contribution in [1.82, 2.24) is 4.57 Å². The van der Waals surface area contributed by atoms with Crippen LogP contribution in [0.4, 0.5) is 0 Å². The zero-order valence-electron chi connectivity index (χ0n) is 10.2. The van der Waals surface area contributed by atoms with E-state index in [1.807, 2.05) is 12.1 Å². The molecule has 2 nitrogen and oxygen atoms in total. The summed E-state index contributed by atoms with van der Waals surface area (Å²) in [6, 6.07) is 12.4. The molecule has 0 radical (unpaired) electrons. The Kier molecular flexibility index (Phi) is 3.79. The number of hydrogen-bond acceptors (Lipinski definition) is 2. The highest BCUT2D eigenvalue weighted by molar-refractivity contribution is 7.80. The van der Waals surface area contributed by atoms with E-state index in [0.29, 0.717) is 0 Å². The van der Waals surface area contributed by atoms with Crippen molar-refractivity contribution in [3.63, 3.8) is 0 Å². The van der Waals surface area contributed by atoms with Gasteiger partial charge in [0, 0.05) is 23.7 Å². The number of nitrogens with zero attached hydrogens (tertiary/aromatic N) is 1. The molecular weight excluding hydrogens is 230 g/mol. The summed E-state index contributed by atoms with van der Waals surface area (Å²) in [5.74, 6) is 1.73. The van der Waals surface area contributed by atoms with Crippen LogP contribution in [0.15, 0.2) is 36.4 Å². The van der Waals surface area contributed by atoms with Crippen molar-refractivity contribution in [3.8, 4) is 17.0 Å². The zero-order chi connectivity index (χ0) is 12.3. The zero-order valence-corrected chi connectivity index (χ0v) is 11.1. The molecule has 1 aromatic carbocycles. The van der Waals surface area contributed by atoms with Gasteiger partial charge in [-0.2, -0.15) is 12.6 Å². The lowest BCUT2D eigenvalue weighted by Gasteiger charge is -2.10. The third-order valence-electron chi connectivity index (χ3n) is 2.91. The van der Waals surface area contributed by atoms with Gasteiger partial charge in [0.15, 0.2) is 0 Å². The van der Waals surface area contributed by atoms with E-state index in [1.54, 1.807) is 7.11 Å². The molecular formula is C14H17NOS. The van der Waals surface area contributed by atoms with Gasteiger partial charge in [-0.1, -0.05) is 0 Å². The van der Waals surface area contributed by atoms with Crippen LogP contribution in [-0.4, -0.2) is 17.4 Å². The molecule has 0 aliphatic heterocycles. The van der Waals surface area contributed by atoms with Gasteiger partial charge in [0.1, 0.15) is 5.75 Å². The van der Waals surface area contributed by atoms with E-state index < -0.39 is 0 Å². The highest BCUT2D eigenvalue weighted by Crippen LogP contribution is 2.24. The summed E-state index contributed by atoms with van der Waals surface area (Å²) in [7, 11) is 1.68. The quantitative estimate of drug-likeness (QED) is 0.818. The molecule has 3 heteroatoms. The van der Waals surface area contributed by atoms with Crippen LogP contribution < -0.4 is 4.74 Å². The summed E-state index contributed by atoms with van der Waals surface area (Å²) in [6.07, 6.45) is 0. The Bertz CT molecular complexity index is 487. The standard InChI is InChI=1S/C14H17NOS/c1-11-3-8-14(15(11)9-10-17)12-4-6-13(16-2)7-5-12/h3-8,17H,9-10H2,1-2H3. The Balaban J connectivity index is 2.38. The van der Waals surface area contributed by atoms with Gasteiger partial charge >= 0.3 is 0 Å². The maximum Gasteiger partial charge on any atom is 0.118 e. The fourth-order valence-electron chi connectivity index (χ4n) is 1.98. The number of ether oxygens (including phenoxy) is 1. The molecule has 0 bridgehead atoms. The van der Waals surface area contributed by atoms with E-state index >= 15 is 0 Å². The molecule has 0 aliphatic carbocycles. The first-order chi connectivity index (χ1) is 8.26. The third-order valence-corrected chi connectivity index (χ3v) is 3.11. The van der Waals surface area contributed by atoms with Crippen LogP contribution in [0.2, 0.25) is 0 Å². The first-order valence-electron chi connectivity index (χ1n) is 5.67. The molecule has 17 heavy (non-hydrogen) atoms. The lowest BCUT2D eigenvalue weighted by atomic mass is 10.1. The van der Waals surface area contributed by atoms with E-state index in [1.165, 1.54) is 17.0 Å². The summed E-state index contributed by atoms with van der Waals surface area (Å²) < 4.78 is 7.46. The average molecular weight is 247 g/mol. The van der Waals surface area contributed by atoms with E-state index in [9.17, 15) is 0 Å². The second-order valence-corrected chi connectivity index (χ2v) is 4.41. The van der Waals surface area contributed by atoms with Crippen molar-refractivity contribution in [2.45, 2.75) is 13.5 Å². The van der Waals surface area contributed by atoms with Gasteiger partial charge in [0.2, 0.25) is 0 Å². The minimum Gasteiger partial charge on any atom is -0.497 e. The van der Waals surface area contributed by atoms with Crippen LogP contribution in [0.5, 0.6) is 5.75 Å². The predicted octanol–water partition coefficient (Wildman–Crippen LogP) is 3.40. The van der Waals surface area contributed by atoms with E-state index in [4.69, 9.17) is 4.74 Å². The molecule has 0 saturated heterocycles. The number of aromatic nitrogens is 1. The summed E-state index contributed by atoms with van der Waals surface area (Å²) >= 11 is 4.30. The number of thiol groups is 1. The molecule has 0 atom stereocenters. The van der Waals surface area contributed by atoms with E-state index in [2.05, 4.69) is 48.4 Å². The molecule has 1 aromatic heterocycles. The van der Waals surface area contributed by atoms with Crippen molar-refractivity contribution in [1.29, 1.82) is 0 Å². The highest BCUT2D eigenvalue weighted by Gasteiger charge is 2.06. The van der Waals surface area contributed by atoms with Crippen LogP contribution in [0.25, 0.3) is 11.3 Å². The number of methoxy groups -OCH3 is 1. The van der Waals surface area contributed by atoms with Gasteiger partial charge in [0.05, 0.1) is 7.11 Å². The fraction of sp³-hybridized carbons (Fsp3) is 0.286. The molecule has 0 amide bonds. The molecule has 0 aliphatic rings. The monoisotopic (exact) mass is 247 g/mol. The second kappa shape index (κ2) is 5.32. The van der Waals surface area contributed by atoms with Crippen molar-refractivity contribution >= 4 is 12.6 Å². The van der Waals surface area contributed by atoms with Crippen LogP contribution in [0, 0.1) is 6.92 Å². The summed E-state index contributed by atoms with van der Waals surface area (Å²) in [4.78, 5) is 0. The minimum atomic E-state index is 0.846. The Morgan fingerprint density at radius 1 is 1.12 bits per heavy atom. The smallest absolute Gasteiger partial charge is 0.118 e. The van der Waals surface area contributed by atoms with Crippen molar-refractivity contribution in [2.75, 3.05) is 12.9 Å². The molecule has 2 aromatic rings. The Hall–Kier alpha value is -1.35. The summed E-state index contributed by atoms with van der Waals surface area (Å²) in [6.45, 7) is 3.06. The number of benzene rings is 1. The number of aryl methyl sites for hydroxylation is 1. The van der Waals surface area contributed by atoms with Gasteiger partial charge < -0.3 is 9.30 Å². The van der Waals surface area contributed by atoms with Gasteiger partial charge in [-0.3, -0.25) is 0 Å². The molecule has 0 spiro atoms. The summed E-state index contributed by atoms with van der Waals surface area (Å²) in [5, 5.41) is 0. The molecule has 1 heterocycles. The normalized spacial score (nSPS) is 10.5. The number of rotatable bonds is 4. The SMILES string of the molecule is COc1ccc(-c2ccc(C)n2CCS)cc1. The minimum absolute atomic E-state index is 0.846. The lowest BCUT2D eigenvalue weighted by Crippen LogP contribution is -2.03. The lowest BCUT2D eigenvalue weighted by molar-refractivity contribution is 0.415. The topological polar surface area (TPSA) is 14.2 Å². The van der Waals surface area contributed by atoms with Crippen molar-refractivity contribution in [3.05, 3.63) is 42.1 Å². The maximum absolute atomic E-state index is 5.17. The van der Waals surface area contributed by atoms with E-state index in [0.717, 1.165) is 18.0 Å². The number of hydrogen-bond donors (Lipinski definition) is 1.